The van der Waals surface area contributed by atoms with Crippen molar-refractivity contribution in [1.29, 1.82) is 0 Å². The molecule has 0 heterocycles. The van der Waals surface area contributed by atoms with Gasteiger partial charge >= 0.3 is 5.97 Å². The van der Waals surface area contributed by atoms with Crippen molar-refractivity contribution in [3.63, 3.8) is 0 Å². The minimum absolute atomic E-state index is 0.278. The van der Waals surface area contributed by atoms with E-state index in [2.05, 4.69) is 53.7 Å². The van der Waals surface area contributed by atoms with Gasteiger partial charge in [-0.2, -0.15) is 0 Å². The Kier molecular flexibility index (Phi) is 6.86. The van der Waals surface area contributed by atoms with Crippen LogP contribution in [0.3, 0.4) is 0 Å². The maximum atomic E-state index is 11.6. The summed E-state index contributed by atoms with van der Waals surface area (Å²) in [5, 5.41) is 0. The average Bonchev–Trinajstić information content (AvgIpc) is 2.44. The number of ether oxygens (including phenoxy) is 1. The zero-order valence-corrected chi connectivity index (χ0v) is 15.1. The lowest BCUT2D eigenvalue weighted by Crippen LogP contribution is -2.04. The molecule has 0 saturated carbocycles. The molecule has 0 N–H and O–H groups in total. The highest BCUT2D eigenvalue weighted by Crippen LogP contribution is 2.32. The quantitative estimate of drug-likeness (QED) is 0.502. The zero-order chi connectivity index (χ0) is 16.9. The zero-order valence-electron chi connectivity index (χ0n) is 15.1. The van der Waals surface area contributed by atoms with Crippen LogP contribution in [0, 0.1) is 0 Å². The Morgan fingerprint density at radius 3 is 1.86 bits per heavy atom. The van der Waals surface area contributed by atoms with E-state index in [1.807, 2.05) is 13.0 Å². The topological polar surface area (TPSA) is 26.3 Å². The van der Waals surface area contributed by atoms with Crippen molar-refractivity contribution in [3.05, 3.63) is 40.5 Å². The first-order valence-electron chi connectivity index (χ1n) is 8.30. The van der Waals surface area contributed by atoms with Crippen LogP contribution in [0.15, 0.2) is 18.2 Å². The van der Waals surface area contributed by atoms with E-state index in [9.17, 15) is 4.79 Å². The number of carbonyl (C=O) groups is 1. The van der Waals surface area contributed by atoms with Crippen LogP contribution >= 0.6 is 0 Å². The van der Waals surface area contributed by atoms with Gasteiger partial charge in [-0.3, -0.25) is 0 Å². The molecule has 0 aliphatic heterocycles. The SMILES string of the molecule is CCOC(=O)C=Cc1c(C(C)C)cc(C(C)C)cc1C(C)C. The second-order valence-corrected chi connectivity index (χ2v) is 6.66. The van der Waals surface area contributed by atoms with E-state index in [1.165, 1.54) is 22.3 Å². The molecule has 1 aromatic rings. The number of esters is 1. The second kappa shape index (κ2) is 8.17. The molecule has 0 fully saturated rings. The average molecular weight is 302 g/mol. The Labute approximate surface area is 135 Å². The smallest absolute Gasteiger partial charge is 0.330 e. The Hall–Kier alpha value is -1.57. The third kappa shape index (κ3) is 4.72. The van der Waals surface area contributed by atoms with Crippen LogP contribution in [0.5, 0.6) is 0 Å². The fraction of sp³-hybridized carbons (Fsp3) is 0.550. The minimum atomic E-state index is -0.278. The van der Waals surface area contributed by atoms with Gasteiger partial charge in [0, 0.05) is 6.08 Å². The largest absolute Gasteiger partial charge is 0.463 e. The Morgan fingerprint density at radius 2 is 1.50 bits per heavy atom. The highest BCUT2D eigenvalue weighted by Gasteiger charge is 2.15. The van der Waals surface area contributed by atoms with Gasteiger partial charge in [-0.15, -0.1) is 0 Å². The van der Waals surface area contributed by atoms with Crippen LogP contribution in [-0.4, -0.2) is 12.6 Å². The van der Waals surface area contributed by atoms with Gasteiger partial charge in [0.25, 0.3) is 0 Å². The van der Waals surface area contributed by atoms with Crippen LogP contribution in [0.25, 0.3) is 6.08 Å². The molecule has 0 bridgehead atoms. The third-order valence-electron chi connectivity index (χ3n) is 3.85. The van der Waals surface area contributed by atoms with Gasteiger partial charge in [-0.1, -0.05) is 53.7 Å². The fourth-order valence-corrected chi connectivity index (χ4v) is 2.55. The molecule has 0 aliphatic carbocycles. The lowest BCUT2D eigenvalue weighted by atomic mass is 9.84. The van der Waals surface area contributed by atoms with E-state index in [0.717, 1.165) is 0 Å². The van der Waals surface area contributed by atoms with Gasteiger partial charge in [0.15, 0.2) is 0 Å². The molecule has 0 radical (unpaired) electrons. The Morgan fingerprint density at radius 1 is 1.00 bits per heavy atom. The van der Waals surface area contributed by atoms with Crippen molar-refractivity contribution >= 4 is 12.0 Å². The number of rotatable bonds is 6. The summed E-state index contributed by atoms with van der Waals surface area (Å²) in [6, 6.07) is 4.57. The number of carbonyl (C=O) groups excluding carboxylic acids is 1. The first-order chi connectivity index (χ1) is 10.3. The molecule has 1 aromatic carbocycles. The predicted octanol–water partition coefficient (Wildman–Crippen LogP) is 5.63. The van der Waals surface area contributed by atoms with E-state index in [-0.39, 0.29) is 5.97 Å². The number of hydrogen-bond acceptors (Lipinski definition) is 2. The van der Waals surface area contributed by atoms with E-state index >= 15 is 0 Å². The van der Waals surface area contributed by atoms with Crippen molar-refractivity contribution in [1.82, 2.24) is 0 Å². The van der Waals surface area contributed by atoms with Gasteiger partial charge in [-0.25, -0.2) is 4.79 Å². The first kappa shape index (κ1) is 18.5. The van der Waals surface area contributed by atoms with Crippen molar-refractivity contribution in [2.45, 2.75) is 66.2 Å². The third-order valence-corrected chi connectivity index (χ3v) is 3.85. The van der Waals surface area contributed by atoms with Crippen molar-refractivity contribution in [2.75, 3.05) is 6.61 Å². The maximum Gasteiger partial charge on any atom is 0.330 e. The summed E-state index contributed by atoms with van der Waals surface area (Å²) in [5.41, 5.74) is 5.13. The standard InChI is InChI=1S/C20H30O2/c1-8-22-20(21)10-9-17-18(14(4)5)11-16(13(2)3)12-19(17)15(6)7/h9-15H,8H2,1-7H3. The molecule has 1 rings (SSSR count). The van der Waals surface area contributed by atoms with Gasteiger partial charge in [0.1, 0.15) is 0 Å². The first-order valence-corrected chi connectivity index (χ1v) is 8.30. The molecule has 0 atom stereocenters. The van der Waals surface area contributed by atoms with E-state index in [0.29, 0.717) is 24.4 Å². The van der Waals surface area contributed by atoms with Gasteiger partial charge in [0.05, 0.1) is 6.61 Å². The summed E-state index contributed by atoms with van der Waals surface area (Å²) in [6.07, 6.45) is 3.47. The maximum absolute atomic E-state index is 11.6. The second-order valence-electron chi connectivity index (χ2n) is 6.66. The normalized spacial score (nSPS) is 11.9. The molecule has 0 aliphatic rings. The highest BCUT2D eigenvalue weighted by molar-refractivity contribution is 5.87. The Bertz CT molecular complexity index is 508. The summed E-state index contributed by atoms with van der Waals surface area (Å²) < 4.78 is 5.00. The molecule has 2 nitrogen and oxygen atoms in total. The number of hydrogen-bond donors (Lipinski definition) is 0. The lowest BCUT2D eigenvalue weighted by Gasteiger charge is -2.21. The van der Waals surface area contributed by atoms with Gasteiger partial charge < -0.3 is 4.74 Å². The van der Waals surface area contributed by atoms with Crippen molar-refractivity contribution in [2.24, 2.45) is 0 Å². The van der Waals surface area contributed by atoms with Crippen molar-refractivity contribution in [3.8, 4) is 0 Å². The summed E-state index contributed by atoms with van der Waals surface area (Å²) in [5.74, 6) is 1.05. The number of benzene rings is 1. The monoisotopic (exact) mass is 302 g/mol. The molecular formula is C20H30O2. The van der Waals surface area contributed by atoms with E-state index < -0.39 is 0 Å². The minimum Gasteiger partial charge on any atom is -0.463 e. The molecular weight excluding hydrogens is 272 g/mol. The van der Waals surface area contributed by atoms with Gasteiger partial charge in [0.2, 0.25) is 0 Å². The van der Waals surface area contributed by atoms with Crippen LogP contribution in [-0.2, 0) is 9.53 Å². The molecule has 22 heavy (non-hydrogen) atoms. The lowest BCUT2D eigenvalue weighted by molar-refractivity contribution is -0.137. The van der Waals surface area contributed by atoms with Crippen LogP contribution in [0.1, 0.15) is 88.5 Å². The molecule has 122 valence electrons. The van der Waals surface area contributed by atoms with E-state index in [1.54, 1.807) is 6.08 Å². The summed E-state index contributed by atoms with van der Waals surface area (Å²) >= 11 is 0. The van der Waals surface area contributed by atoms with Crippen molar-refractivity contribution < 1.29 is 9.53 Å². The summed E-state index contributed by atoms with van der Waals surface area (Å²) in [4.78, 5) is 11.6. The molecule has 0 amide bonds. The van der Waals surface area contributed by atoms with Crippen LogP contribution in [0.4, 0.5) is 0 Å². The Balaban J connectivity index is 3.41. The summed E-state index contributed by atoms with van der Waals surface area (Å²) in [7, 11) is 0. The molecule has 0 aromatic heterocycles. The fourth-order valence-electron chi connectivity index (χ4n) is 2.55. The molecule has 0 unspecified atom stereocenters. The van der Waals surface area contributed by atoms with E-state index in [4.69, 9.17) is 4.74 Å². The molecule has 0 spiro atoms. The molecule has 2 heteroatoms. The molecule has 0 saturated heterocycles. The van der Waals surface area contributed by atoms with Crippen LogP contribution in [0.2, 0.25) is 0 Å². The van der Waals surface area contributed by atoms with Crippen LogP contribution < -0.4 is 0 Å². The highest BCUT2D eigenvalue weighted by atomic mass is 16.5. The predicted molar refractivity (Wildman–Crippen MR) is 94.4 cm³/mol. The van der Waals surface area contributed by atoms with Gasteiger partial charge in [-0.05, 0) is 53.0 Å². The summed E-state index contributed by atoms with van der Waals surface area (Å²) in [6.45, 7) is 15.5.